The third kappa shape index (κ3) is 4.97. The third-order valence-electron chi connectivity index (χ3n) is 6.06. The molecule has 188 valence electrons. The molecule has 3 N–H and O–H groups in total. The molecule has 1 fully saturated rings. The van der Waals surface area contributed by atoms with Gasteiger partial charge in [0.25, 0.3) is 0 Å². The van der Waals surface area contributed by atoms with Gasteiger partial charge in [0.1, 0.15) is 17.1 Å². The Morgan fingerprint density at radius 3 is 2.86 bits per heavy atom. The summed E-state index contributed by atoms with van der Waals surface area (Å²) in [6, 6.07) is 7.17. The topological polar surface area (TPSA) is 114 Å². The van der Waals surface area contributed by atoms with Gasteiger partial charge in [-0.3, -0.25) is 4.79 Å². The Hall–Kier alpha value is -4.04. The highest BCUT2D eigenvalue weighted by Crippen LogP contribution is 2.37. The van der Waals surface area contributed by atoms with E-state index in [9.17, 15) is 14.3 Å². The summed E-state index contributed by atoms with van der Waals surface area (Å²) in [5, 5.41) is 13.1. The van der Waals surface area contributed by atoms with Crippen LogP contribution in [0.5, 0.6) is 11.5 Å². The Morgan fingerprint density at radius 2 is 2.16 bits per heavy atom. The number of para-hydroxylation sites is 1. The number of nitrogens with zero attached hydrogens (tertiary/aromatic N) is 3. The fraction of sp³-hybridized carbons (Fsp3) is 0.231. The second-order valence-electron chi connectivity index (χ2n) is 8.48. The van der Waals surface area contributed by atoms with Gasteiger partial charge in [-0.25, -0.2) is 19.2 Å². The molecule has 9 nitrogen and oxygen atoms in total. The molecule has 5 rings (SSSR count). The van der Waals surface area contributed by atoms with Crippen LogP contribution in [0.15, 0.2) is 48.9 Å². The fourth-order valence-corrected chi connectivity index (χ4v) is 4.43. The van der Waals surface area contributed by atoms with Crippen molar-refractivity contribution < 1.29 is 23.8 Å². The van der Waals surface area contributed by atoms with Crippen molar-refractivity contribution >= 4 is 39.8 Å². The number of fused-ring (bicyclic) bond motifs is 1. The van der Waals surface area contributed by atoms with E-state index in [0.717, 1.165) is 6.42 Å². The van der Waals surface area contributed by atoms with Gasteiger partial charge in [0.05, 0.1) is 48.4 Å². The number of H-pyrrole nitrogens is 1. The van der Waals surface area contributed by atoms with Gasteiger partial charge in [0.15, 0.2) is 11.6 Å². The Balaban J connectivity index is 1.47. The van der Waals surface area contributed by atoms with E-state index in [1.54, 1.807) is 12.1 Å². The number of nitrogens with one attached hydrogen (secondary N) is 2. The summed E-state index contributed by atoms with van der Waals surface area (Å²) >= 11 is 6.40. The molecule has 4 aromatic rings. The van der Waals surface area contributed by atoms with Gasteiger partial charge in [-0.1, -0.05) is 23.7 Å². The highest BCUT2D eigenvalue weighted by Gasteiger charge is 2.26. The molecule has 37 heavy (non-hydrogen) atoms. The standard InChI is InChI=1S/C26H21ClFN5O4/c1-29-20-11-32-26-22(24(20)33-14-6-7-15(12-34)36-13-14)17(10-31-26)25(35)23-18(27)8-16(9-30-23)37-21-5-3-2-4-19(21)28/h2-5,8-11,14-15,34H,6-7,12-13H2,(H2,31,32,33)/t14-,15+/m1/s1. The second kappa shape index (κ2) is 10.5. The normalized spacial score (nSPS) is 17.4. The molecule has 2 atom stereocenters. The van der Waals surface area contributed by atoms with Crippen LogP contribution in [0.25, 0.3) is 15.9 Å². The van der Waals surface area contributed by atoms with Crippen molar-refractivity contribution in [2.75, 3.05) is 18.5 Å². The van der Waals surface area contributed by atoms with Crippen molar-refractivity contribution in [1.82, 2.24) is 15.0 Å². The predicted molar refractivity (Wildman–Crippen MR) is 135 cm³/mol. The largest absolute Gasteiger partial charge is 0.453 e. The first kappa shape index (κ1) is 24.6. The number of aliphatic hydroxyl groups is 1. The van der Waals surface area contributed by atoms with Crippen LogP contribution < -0.4 is 10.1 Å². The predicted octanol–water partition coefficient (Wildman–Crippen LogP) is 5.28. The lowest BCUT2D eigenvalue weighted by Gasteiger charge is -2.29. The SMILES string of the molecule is [C-]#[N+]c1cnc2[nH]cc(C(=O)c3ncc(Oc4ccccc4F)cc3Cl)c2c1N[C@@H]1CC[C@@H](CO)OC1. The van der Waals surface area contributed by atoms with Crippen LogP contribution in [0, 0.1) is 12.4 Å². The minimum absolute atomic E-state index is 0.00142. The summed E-state index contributed by atoms with van der Waals surface area (Å²) in [5.74, 6) is -0.859. The van der Waals surface area contributed by atoms with Gasteiger partial charge in [-0.15, -0.1) is 0 Å². The first-order chi connectivity index (χ1) is 18.0. The van der Waals surface area contributed by atoms with Crippen LogP contribution in [0.2, 0.25) is 5.02 Å². The fourth-order valence-electron chi connectivity index (χ4n) is 4.19. The molecule has 0 amide bonds. The highest BCUT2D eigenvalue weighted by atomic mass is 35.5. The number of anilines is 1. The van der Waals surface area contributed by atoms with Crippen molar-refractivity contribution in [1.29, 1.82) is 0 Å². The number of aromatic nitrogens is 3. The number of hydrogen-bond donors (Lipinski definition) is 3. The maximum absolute atomic E-state index is 13.9. The van der Waals surface area contributed by atoms with Gasteiger partial charge in [-0.05, 0) is 25.0 Å². The second-order valence-corrected chi connectivity index (χ2v) is 8.88. The molecule has 0 unspecified atom stereocenters. The van der Waals surface area contributed by atoms with Gasteiger partial charge >= 0.3 is 0 Å². The lowest BCUT2D eigenvalue weighted by atomic mass is 10.0. The molecule has 1 aliphatic rings. The number of rotatable bonds is 7. The Bertz CT molecular complexity index is 1510. The smallest absolute Gasteiger partial charge is 0.228 e. The van der Waals surface area contributed by atoms with E-state index in [1.165, 1.54) is 36.8 Å². The quantitative estimate of drug-likeness (QED) is 0.224. The minimum atomic E-state index is -0.545. The Labute approximate surface area is 216 Å². The molecule has 0 spiro atoms. The zero-order valence-electron chi connectivity index (χ0n) is 19.4. The van der Waals surface area contributed by atoms with Crippen LogP contribution in [0.1, 0.15) is 28.9 Å². The Morgan fingerprint density at radius 1 is 1.32 bits per heavy atom. The first-order valence-corrected chi connectivity index (χ1v) is 11.9. The number of aromatic amines is 1. The van der Waals surface area contributed by atoms with Crippen molar-refractivity contribution in [3.63, 3.8) is 0 Å². The van der Waals surface area contributed by atoms with E-state index in [2.05, 4.69) is 25.1 Å². The van der Waals surface area contributed by atoms with Crippen LogP contribution in [0.3, 0.4) is 0 Å². The summed E-state index contributed by atoms with van der Waals surface area (Å²) in [6.07, 6.45) is 5.40. The van der Waals surface area contributed by atoms with Crippen molar-refractivity contribution in [3.05, 3.63) is 82.4 Å². The van der Waals surface area contributed by atoms with Crippen LogP contribution >= 0.6 is 11.6 Å². The molecule has 0 radical (unpaired) electrons. The van der Waals surface area contributed by atoms with Gasteiger partial charge < -0.3 is 24.9 Å². The van der Waals surface area contributed by atoms with Crippen LogP contribution in [-0.4, -0.2) is 51.2 Å². The third-order valence-corrected chi connectivity index (χ3v) is 6.35. The lowest BCUT2D eigenvalue weighted by Crippen LogP contribution is -2.36. The molecular weight excluding hydrogens is 501 g/mol. The van der Waals surface area contributed by atoms with Gasteiger partial charge in [-0.2, -0.15) is 0 Å². The number of ketones is 1. The lowest BCUT2D eigenvalue weighted by molar-refractivity contribution is -0.0223. The average Bonchev–Trinajstić information content (AvgIpc) is 3.35. The molecular formula is C26H21ClFN5O4. The average molecular weight is 522 g/mol. The molecule has 1 aromatic carbocycles. The van der Waals surface area contributed by atoms with Crippen molar-refractivity contribution in [3.8, 4) is 11.5 Å². The molecule has 1 aliphatic heterocycles. The zero-order valence-corrected chi connectivity index (χ0v) is 20.1. The number of carbonyl (C=O) groups is 1. The Kier molecular flexibility index (Phi) is 7.01. The van der Waals surface area contributed by atoms with Crippen LogP contribution in [-0.2, 0) is 4.74 Å². The van der Waals surface area contributed by atoms with Gasteiger partial charge in [0.2, 0.25) is 11.5 Å². The molecule has 0 aliphatic carbocycles. The summed E-state index contributed by atoms with van der Waals surface area (Å²) in [7, 11) is 0. The van der Waals surface area contributed by atoms with Crippen molar-refractivity contribution in [2.24, 2.45) is 0 Å². The number of aliphatic hydroxyl groups excluding tert-OH is 1. The number of ether oxygens (including phenoxy) is 2. The first-order valence-electron chi connectivity index (χ1n) is 11.5. The van der Waals surface area contributed by atoms with E-state index in [-0.39, 0.29) is 52.2 Å². The summed E-state index contributed by atoms with van der Waals surface area (Å²) in [6.45, 7) is 7.91. The maximum atomic E-state index is 13.9. The summed E-state index contributed by atoms with van der Waals surface area (Å²) in [5.41, 5.74) is 1.32. The highest BCUT2D eigenvalue weighted by molar-refractivity contribution is 6.35. The number of hydrogen-bond acceptors (Lipinski definition) is 7. The number of carbonyl (C=O) groups excluding carboxylic acids is 1. The van der Waals surface area contributed by atoms with E-state index < -0.39 is 11.6 Å². The van der Waals surface area contributed by atoms with E-state index in [0.29, 0.717) is 29.7 Å². The van der Waals surface area contributed by atoms with E-state index in [4.69, 9.17) is 27.6 Å². The minimum Gasteiger partial charge on any atom is -0.453 e. The van der Waals surface area contributed by atoms with Gasteiger partial charge in [0, 0.05) is 29.9 Å². The molecule has 4 heterocycles. The van der Waals surface area contributed by atoms with E-state index >= 15 is 0 Å². The van der Waals surface area contributed by atoms with Crippen LogP contribution in [0.4, 0.5) is 15.8 Å². The summed E-state index contributed by atoms with van der Waals surface area (Å²) < 4.78 is 25.1. The maximum Gasteiger partial charge on any atom is 0.228 e. The summed E-state index contributed by atoms with van der Waals surface area (Å²) in [4.78, 5) is 28.6. The number of pyridine rings is 2. The molecule has 11 heteroatoms. The number of halogens is 2. The molecule has 0 saturated carbocycles. The van der Waals surface area contributed by atoms with Crippen molar-refractivity contribution in [2.45, 2.75) is 25.0 Å². The molecule has 3 aromatic heterocycles. The van der Waals surface area contributed by atoms with E-state index in [1.807, 2.05) is 0 Å². The molecule has 1 saturated heterocycles. The zero-order chi connectivity index (χ0) is 25.9. The number of benzene rings is 1. The monoisotopic (exact) mass is 521 g/mol. The molecule has 0 bridgehead atoms.